The monoisotopic (exact) mass is 228 g/mol. The van der Waals surface area contributed by atoms with Gasteiger partial charge in [-0.3, -0.25) is 4.79 Å². The van der Waals surface area contributed by atoms with Crippen molar-refractivity contribution in [2.45, 2.75) is 40.2 Å². The molecule has 4 heteroatoms. The molecule has 0 heterocycles. The van der Waals surface area contributed by atoms with Gasteiger partial charge in [0, 0.05) is 12.0 Å². The summed E-state index contributed by atoms with van der Waals surface area (Å²) in [6.45, 7) is 10.6. The van der Waals surface area contributed by atoms with Crippen LogP contribution in [0.15, 0.2) is 12.2 Å². The molecule has 0 aromatic rings. The first-order chi connectivity index (χ1) is 7.34. The predicted molar refractivity (Wildman–Crippen MR) is 60.8 cm³/mol. The SMILES string of the molecule is C=C(C)C(=O)OC(C)CCOC(=O)C(C)C. The summed E-state index contributed by atoms with van der Waals surface area (Å²) in [5.41, 5.74) is 0.367. The maximum absolute atomic E-state index is 11.1. The van der Waals surface area contributed by atoms with Gasteiger partial charge in [0.25, 0.3) is 0 Å². The molecular weight excluding hydrogens is 208 g/mol. The van der Waals surface area contributed by atoms with E-state index in [2.05, 4.69) is 6.58 Å². The van der Waals surface area contributed by atoms with E-state index >= 15 is 0 Å². The molecule has 16 heavy (non-hydrogen) atoms. The van der Waals surface area contributed by atoms with Crippen molar-refractivity contribution in [3.8, 4) is 0 Å². The fourth-order valence-electron chi connectivity index (χ4n) is 0.834. The minimum atomic E-state index is -0.414. The Labute approximate surface area is 96.6 Å². The maximum atomic E-state index is 11.1. The zero-order valence-corrected chi connectivity index (χ0v) is 10.4. The number of ether oxygens (including phenoxy) is 2. The van der Waals surface area contributed by atoms with Crippen molar-refractivity contribution >= 4 is 11.9 Å². The molecule has 1 unspecified atom stereocenters. The lowest BCUT2D eigenvalue weighted by molar-refractivity contribution is -0.149. The minimum absolute atomic E-state index is 0.131. The quantitative estimate of drug-likeness (QED) is 0.516. The van der Waals surface area contributed by atoms with E-state index in [4.69, 9.17) is 9.47 Å². The van der Waals surface area contributed by atoms with Crippen LogP contribution in [0.5, 0.6) is 0 Å². The van der Waals surface area contributed by atoms with Crippen molar-refractivity contribution < 1.29 is 19.1 Å². The molecule has 92 valence electrons. The van der Waals surface area contributed by atoms with Crippen LogP contribution in [-0.2, 0) is 19.1 Å². The van der Waals surface area contributed by atoms with Gasteiger partial charge in [0.15, 0.2) is 0 Å². The number of hydrogen-bond acceptors (Lipinski definition) is 4. The zero-order chi connectivity index (χ0) is 12.7. The average molecular weight is 228 g/mol. The van der Waals surface area contributed by atoms with Gasteiger partial charge in [0.2, 0.25) is 0 Å². The second-order valence-corrected chi connectivity index (χ2v) is 4.11. The summed E-state index contributed by atoms with van der Waals surface area (Å²) >= 11 is 0. The van der Waals surface area contributed by atoms with Gasteiger partial charge >= 0.3 is 11.9 Å². The highest BCUT2D eigenvalue weighted by Gasteiger charge is 2.12. The van der Waals surface area contributed by atoms with Crippen LogP contribution in [-0.4, -0.2) is 24.6 Å². The Kier molecular flexibility index (Phi) is 6.46. The molecule has 0 aliphatic carbocycles. The molecule has 0 aromatic carbocycles. The summed E-state index contributed by atoms with van der Waals surface area (Å²) in [5, 5.41) is 0. The molecule has 0 saturated heterocycles. The lowest BCUT2D eigenvalue weighted by atomic mass is 10.2. The van der Waals surface area contributed by atoms with E-state index in [0.717, 1.165) is 0 Å². The molecule has 0 radical (unpaired) electrons. The van der Waals surface area contributed by atoms with Crippen LogP contribution < -0.4 is 0 Å². The third kappa shape index (κ3) is 6.22. The van der Waals surface area contributed by atoms with E-state index in [1.165, 1.54) is 0 Å². The normalized spacial score (nSPS) is 12.1. The summed E-state index contributed by atoms with van der Waals surface area (Å²) in [6.07, 6.45) is 0.224. The van der Waals surface area contributed by atoms with Crippen molar-refractivity contribution in [1.82, 2.24) is 0 Å². The Morgan fingerprint density at radius 2 is 1.81 bits per heavy atom. The van der Waals surface area contributed by atoms with Crippen molar-refractivity contribution in [2.24, 2.45) is 5.92 Å². The Morgan fingerprint density at radius 1 is 1.25 bits per heavy atom. The van der Waals surface area contributed by atoms with Gasteiger partial charge in [-0.25, -0.2) is 4.79 Å². The number of rotatable bonds is 6. The Morgan fingerprint density at radius 3 is 2.25 bits per heavy atom. The Bertz CT molecular complexity index is 268. The fourth-order valence-corrected chi connectivity index (χ4v) is 0.834. The van der Waals surface area contributed by atoms with Crippen molar-refractivity contribution in [3.05, 3.63) is 12.2 Å². The summed E-state index contributed by atoms with van der Waals surface area (Å²) in [5.74, 6) is -0.783. The van der Waals surface area contributed by atoms with E-state index in [1.807, 2.05) is 0 Å². The van der Waals surface area contributed by atoms with Gasteiger partial charge in [-0.15, -0.1) is 0 Å². The Hall–Kier alpha value is -1.32. The standard InChI is InChI=1S/C12H20O4/c1-8(2)11(13)15-7-6-10(5)16-12(14)9(3)4/h8,10H,3,6-7H2,1-2,4-5H3. The lowest BCUT2D eigenvalue weighted by Crippen LogP contribution is -2.19. The molecule has 0 aliphatic rings. The number of esters is 2. The molecule has 0 N–H and O–H groups in total. The molecule has 1 atom stereocenters. The van der Waals surface area contributed by atoms with Gasteiger partial charge in [0.05, 0.1) is 12.5 Å². The second-order valence-electron chi connectivity index (χ2n) is 4.11. The van der Waals surface area contributed by atoms with E-state index in [0.29, 0.717) is 12.0 Å². The second kappa shape index (κ2) is 7.04. The smallest absolute Gasteiger partial charge is 0.333 e. The highest BCUT2D eigenvalue weighted by atomic mass is 16.6. The fraction of sp³-hybridized carbons (Fsp3) is 0.667. The van der Waals surface area contributed by atoms with Crippen molar-refractivity contribution in [2.75, 3.05) is 6.61 Å². The summed E-state index contributed by atoms with van der Waals surface area (Å²) in [7, 11) is 0. The maximum Gasteiger partial charge on any atom is 0.333 e. The van der Waals surface area contributed by atoms with E-state index in [-0.39, 0.29) is 24.6 Å². The van der Waals surface area contributed by atoms with Gasteiger partial charge in [-0.1, -0.05) is 20.4 Å². The van der Waals surface area contributed by atoms with Gasteiger partial charge in [-0.05, 0) is 13.8 Å². The summed E-state index contributed by atoms with van der Waals surface area (Å²) in [6, 6.07) is 0. The molecule has 0 fully saturated rings. The molecule has 0 bridgehead atoms. The van der Waals surface area contributed by atoms with Crippen molar-refractivity contribution in [3.63, 3.8) is 0 Å². The van der Waals surface area contributed by atoms with Crippen molar-refractivity contribution in [1.29, 1.82) is 0 Å². The van der Waals surface area contributed by atoms with E-state index in [9.17, 15) is 9.59 Å². The zero-order valence-electron chi connectivity index (χ0n) is 10.4. The highest BCUT2D eigenvalue weighted by Crippen LogP contribution is 2.04. The summed E-state index contributed by atoms with van der Waals surface area (Å²) in [4.78, 5) is 22.2. The van der Waals surface area contributed by atoms with Crippen LogP contribution >= 0.6 is 0 Å². The lowest BCUT2D eigenvalue weighted by Gasteiger charge is -2.13. The van der Waals surface area contributed by atoms with Crippen LogP contribution in [0.4, 0.5) is 0 Å². The highest BCUT2D eigenvalue weighted by molar-refractivity contribution is 5.87. The Balaban J connectivity index is 3.74. The third-order valence-corrected chi connectivity index (χ3v) is 1.90. The first-order valence-corrected chi connectivity index (χ1v) is 5.37. The molecule has 0 saturated carbocycles. The minimum Gasteiger partial charge on any atom is -0.465 e. The molecule has 0 aliphatic heterocycles. The number of hydrogen-bond donors (Lipinski definition) is 0. The third-order valence-electron chi connectivity index (χ3n) is 1.90. The van der Waals surface area contributed by atoms with Gasteiger partial charge in [-0.2, -0.15) is 0 Å². The first kappa shape index (κ1) is 14.7. The number of carbonyl (C=O) groups excluding carboxylic acids is 2. The molecule has 4 nitrogen and oxygen atoms in total. The molecule has 0 amide bonds. The molecule has 0 spiro atoms. The molecule has 0 aromatic heterocycles. The van der Waals surface area contributed by atoms with Crippen LogP contribution in [0.25, 0.3) is 0 Å². The summed E-state index contributed by atoms with van der Waals surface area (Å²) < 4.78 is 9.99. The molecule has 0 rings (SSSR count). The predicted octanol–water partition coefficient (Wildman–Crippen LogP) is 2.08. The van der Waals surface area contributed by atoms with Gasteiger partial charge in [0.1, 0.15) is 6.10 Å². The number of carbonyl (C=O) groups is 2. The largest absolute Gasteiger partial charge is 0.465 e. The first-order valence-electron chi connectivity index (χ1n) is 5.37. The molecular formula is C12H20O4. The van der Waals surface area contributed by atoms with E-state index < -0.39 is 5.97 Å². The average Bonchev–Trinajstić information content (AvgIpc) is 2.16. The topological polar surface area (TPSA) is 52.6 Å². The van der Waals surface area contributed by atoms with Crippen LogP contribution in [0, 0.1) is 5.92 Å². The van der Waals surface area contributed by atoms with Crippen LogP contribution in [0.2, 0.25) is 0 Å². The van der Waals surface area contributed by atoms with Gasteiger partial charge < -0.3 is 9.47 Å². The van der Waals surface area contributed by atoms with Crippen LogP contribution in [0.1, 0.15) is 34.1 Å². The van der Waals surface area contributed by atoms with E-state index in [1.54, 1.807) is 27.7 Å². The van der Waals surface area contributed by atoms with Crippen LogP contribution in [0.3, 0.4) is 0 Å².